The molecule has 8 heteroatoms. The van der Waals surface area contributed by atoms with E-state index < -0.39 is 24.5 Å². The molecular formula is C10H9BrN2O5. The molecule has 0 bridgehead atoms. The maximum Gasteiger partial charge on any atom is 0.331 e. The Morgan fingerprint density at radius 2 is 2.17 bits per heavy atom. The predicted octanol–water partition coefficient (Wildman–Crippen LogP) is 0.793. The SMILES string of the molecule is NC(=O)NC(=O)COC(=O)C=Cc1ccc(Br)o1. The maximum absolute atomic E-state index is 11.2. The molecule has 0 aromatic carbocycles. The fourth-order valence-corrected chi connectivity index (χ4v) is 1.25. The lowest BCUT2D eigenvalue weighted by atomic mass is 10.4. The minimum absolute atomic E-state index is 0.445. The van der Waals surface area contributed by atoms with Gasteiger partial charge in [-0.2, -0.15) is 0 Å². The number of primary amides is 1. The molecule has 0 aliphatic rings. The van der Waals surface area contributed by atoms with Gasteiger partial charge >= 0.3 is 12.0 Å². The Kier molecular flexibility index (Phi) is 5.12. The standard InChI is InChI=1S/C10H9BrN2O5/c11-7-3-1-6(18-7)2-4-9(15)17-5-8(14)13-10(12)16/h1-4H,5H2,(H3,12,13,14,16). The molecule has 96 valence electrons. The Labute approximate surface area is 110 Å². The molecule has 1 aromatic heterocycles. The van der Waals surface area contributed by atoms with Gasteiger partial charge in [-0.1, -0.05) is 0 Å². The maximum atomic E-state index is 11.2. The molecule has 0 spiro atoms. The first-order valence-corrected chi connectivity index (χ1v) is 5.46. The first kappa shape index (κ1) is 14.0. The van der Waals surface area contributed by atoms with Gasteiger partial charge < -0.3 is 14.9 Å². The molecule has 18 heavy (non-hydrogen) atoms. The van der Waals surface area contributed by atoms with Crippen LogP contribution in [0.4, 0.5) is 4.79 Å². The average Bonchev–Trinajstić information content (AvgIpc) is 2.69. The van der Waals surface area contributed by atoms with E-state index >= 15 is 0 Å². The number of urea groups is 1. The minimum Gasteiger partial charge on any atom is -0.452 e. The quantitative estimate of drug-likeness (QED) is 0.630. The summed E-state index contributed by atoms with van der Waals surface area (Å²) < 4.78 is 10.2. The van der Waals surface area contributed by atoms with Crippen LogP contribution in [0.2, 0.25) is 0 Å². The molecule has 0 unspecified atom stereocenters. The summed E-state index contributed by atoms with van der Waals surface area (Å²) >= 11 is 3.10. The third kappa shape index (κ3) is 5.30. The molecule has 0 aliphatic carbocycles. The molecule has 3 N–H and O–H groups in total. The van der Waals surface area contributed by atoms with Gasteiger partial charge in [0.1, 0.15) is 5.76 Å². The Morgan fingerprint density at radius 1 is 1.44 bits per heavy atom. The molecule has 0 saturated heterocycles. The molecular weight excluding hydrogens is 308 g/mol. The number of amides is 3. The molecule has 3 amide bonds. The van der Waals surface area contributed by atoms with Crippen LogP contribution in [0.25, 0.3) is 6.08 Å². The second-order valence-corrected chi connectivity index (χ2v) is 3.78. The van der Waals surface area contributed by atoms with E-state index in [0.29, 0.717) is 10.4 Å². The van der Waals surface area contributed by atoms with Crippen LogP contribution < -0.4 is 11.1 Å². The number of nitrogens with two attached hydrogens (primary N) is 1. The van der Waals surface area contributed by atoms with Crippen LogP contribution in [0.1, 0.15) is 5.76 Å². The normalized spacial score (nSPS) is 10.3. The first-order valence-electron chi connectivity index (χ1n) is 4.67. The zero-order valence-electron chi connectivity index (χ0n) is 9.01. The summed E-state index contributed by atoms with van der Waals surface area (Å²) in [5, 5.41) is 1.75. The van der Waals surface area contributed by atoms with Crippen LogP contribution in [0, 0.1) is 0 Å². The second kappa shape index (κ2) is 6.60. The van der Waals surface area contributed by atoms with Gasteiger partial charge in [0.05, 0.1) is 0 Å². The molecule has 7 nitrogen and oxygen atoms in total. The third-order valence-electron chi connectivity index (χ3n) is 1.59. The molecule has 0 saturated carbocycles. The topological polar surface area (TPSA) is 112 Å². The fraction of sp³-hybridized carbons (Fsp3) is 0.100. The lowest BCUT2D eigenvalue weighted by molar-refractivity contribution is -0.143. The molecule has 0 aliphatic heterocycles. The van der Waals surface area contributed by atoms with Gasteiger partial charge in [0.2, 0.25) is 0 Å². The molecule has 0 fully saturated rings. The van der Waals surface area contributed by atoms with Crippen molar-refractivity contribution in [2.45, 2.75) is 0 Å². The highest BCUT2D eigenvalue weighted by Gasteiger charge is 2.06. The van der Waals surface area contributed by atoms with E-state index in [4.69, 9.17) is 10.2 Å². The van der Waals surface area contributed by atoms with Crippen molar-refractivity contribution in [3.8, 4) is 0 Å². The van der Waals surface area contributed by atoms with E-state index in [0.717, 1.165) is 6.08 Å². The Bertz CT molecular complexity index is 494. The molecule has 0 radical (unpaired) electrons. The van der Waals surface area contributed by atoms with Crippen LogP contribution in [-0.2, 0) is 14.3 Å². The van der Waals surface area contributed by atoms with E-state index in [1.54, 1.807) is 17.4 Å². The van der Waals surface area contributed by atoms with Gasteiger partial charge in [-0.15, -0.1) is 0 Å². The molecule has 0 atom stereocenters. The van der Waals surface area contributed by atoms with Crippen molar-refractivity contribution in [1.82, 2.24) is 5.32 Å². The number of carbonyl (C=O) groups excluding carboxylic acids is 3. The Balaban J connectivity index is 2.36. The minimum atomic E-state index is -1.01. The van der Waals surface area contributed by atoms with Gasteiger partial charge in [0.25, 0.3) is 5.91 Å². The summed E-state index contributed by atoms with van der Waals surface area (Å²) in [5.74, 6) is -1.10. The van der Waals surface area contributed by atoms with Crippen molar-refractivity contribution in [2.75, 3.05) is 6.61 Å². The van der Waals surface area contributed by atoms with Gasteiger partial charge in [0, 0.05) is 6.08 Å². The number of halogens is 1. The summed E-state index contributed by atoms with van der Waals surface area (Å²) in [7, 11) is 0. The highest BCUT2D eigenvalue weighted by Crippen LogP contribution is 2.14. The van der Waals surface area contributed by atoms with Gasteiger partial charge in [-0.25, -0.2) is 9.59 Å². The van der Waals surface area contributed by atoms with E-state index in [2.05, 4.69) is 20.7 Å². The smallest absolute Gasteiger partial charge is 0.331 e. The zero-order valence-corrected chi connectivity index (χ0v) is 10.6. The highest BCUT2D eigenvalue weighted by atomic mass is 79.9. The summed E-state index contributed by atoms with van der Waals surface area (Å²) in [6.07, 6.45) is 2.46. The van der Waals surface area contributed by atoms with E-state index in [1.807, 2.05) is 0 Å². The van der Waals surface area contributed by atoms with E-state index in [-0.39, 0.29) is 0 Å². The number of esters is 1. The monoisotopic (exact) mass is 316 g/mol. The number of furan rings is 1. The van der Waals surface area contributed by atoms with Crippen LogP contribution in [-0.4, -0.2) is 24.5 Å². The highest BCUT2D eigenvalue weighted by molar-refractivity contribution is 9.10. The number of nitrogens with one attached hydrogen (secondary N) is 1. The van der Waals surface area contributed by atoms with Crippen LogP contribution in [0.5, 0.6) is 0 Å². The predicted molar refractivity (Wildman–Crippen MR) is 64.1 cm³/mol. The number of imide groups is 1. The number of hydrogen-bond acceptors (Lipinski definition) is 5. The number of ether oxygens (including phenoxy) is 1. The second-order valence-electron chi connectivity index (χ2n) is 3.00. The molecule has 1 rings (SSSR count). The lowest BCUT2D eigenvalue weighted by Crippen LogP contribution is -2.37. The van der Waals surface area contributed by atoms with Crippen LogP contribution in [0.15, 0.2) is 27.3 Å². The third-order valence-corrected chi connectivity index (χ3v) is 2.01. The summed E-state index contributed by atoms with van der Waals surface area (Å²) in [5.41, 5.74) is 4.69. The van der Waals surface area contributed by atoms with Crippen LogP contribution in [0.3, 0.4) is 0 Å². The molecule has 1 aromatic rings. The van der Waals surface area contributed by atoms with Crippen LogP contribution >= 0.6 is 15.9 Å². The van der Waals surface area contributed by atoms with Crippen molar-refractivity contribution < 1.29 is 23.5 Å². The van der Waals surface area contributed by atoms with Gasteiger partial charge in [-0.3, -0.25) is 10.1 Å². The van der Waals surface area contributed by atoms with E-state index in [1.165, 1.54) is 6.08 Å². The van der Waals surface area contributed by atoms with Crippen molar-refractivity contribution in [1.29, 1.82) is 0 Å². The summed E-state index contributed by atoms with van der Waals surface area (Å²) in [6.45, 7) is -0.589. The first-order chi connectivity index (χ1) is 8.47. The Hall–Kier alpha value is -2.09. The number of carbonyl (C=O) groups is 3. The molecule has 1 heterocycles. The van der Waals surface area contributed by atoms with E-state index in [9.17, 15) is 14.4 Å². The summed E-state index contributed by atoms with van der Waals surface area (Å²) in [6, 6.07) is 2.28. The van der Waals surface area contributed by atoms with Crippen molar-refractivity contribution in [3.05, 3.63) is 28.6 Å². The van der Waals surface area contributed by atoms with Gasteiger partial charge in [-0.05, 0) is 34.1 Å². The number of hydrogen-bond donors (Lipinski definition) is 2. The zero-order chi connectivity index (χ0) is 13.5. The number of rotatable bonds is 4. The average molecular weight is 317 g/mol. The van der Waals surface area contributed by atoms with Crippen molar-refractivity contribution >= 4 is 39.9 Å². The van der Waals surface area contributed by atoms with Crippen molar-refractivity contribution in [2.24, 2.45) is 5.73 Å². The van der Waals surface area contributed by atoms with Gasteiger partial charge in [0.15, 0.2) is 11.3 Å². The lowest BCUT2D eigenvalue weighted by Gasteiger charge is -2.00. The summed E-state index contributed by atoms with van der Waals surface area (Å²) in [4.78, 5) is 32.3. The fourth-order valence-electron chi connectivity index (χ4n) is 0.926. The Morgan fingerprint density at radius 3 is 2.72 bits per heavy atom. The largest absolute Gasteiger partial charge is 0.452 e. The van der Waals surface area contributed by atoms with Crippen molar-refractivity contribution in [3.63, 3.8) is 0 Å².